The van der Waals surface area contributed by atoms with Gasteiger partial charge in [0.2, 0.25) is 0 Å². The van der Waals surface area contributed by atoms with Crippen molar-refractivity contribution in [1.82, 2.24) is 10.6 Å². The molecular formula is C21H28N2O11S. The first kappa shape index (κ1) is 28.0. The van der Waals surface area contributed by atoms with Crippen molar-refractivity contribution in [2.75, 3.05) is 13.7 Å². The van der Waals surface area contributed by atoms with Gasteiger partial charge in [0.05, 0.1) is 11.5 Å². The van der Waals surface area contributed by atoms with Crippen molar-refractivity contribution in [3.8, 4) is 0 Å². The van der Waals surface area contributed by atoms with Crippen LogP contribution in [-0.2, 0) is 47.6 Å². The maximum atomic E-state index is 12.7. The Balaban J connectivity index is 2.42. The molecule has 2 N–H and O–H groups in total. The van der Waals surface area contributed by atoms with Gasteiger partial charge in [0.1, 0.15) is 6.10 Å². The summed E-state index contributed by atoms with van der Waals surface area (Å²) < 4.78 is 52.0. The Morgan fingerprint density at radius 1 is 0.886 bits per heavy atom. The van der Waals surface area contributed by atoms with Crippen molar-refractivity contribution in [3.63, 3.8) is 0 Å². The molecule has 2 rings (SSSR count). The molecule has 0 aromatic heterocycles. The number of carbonyl (C=O) groups excluding carboxylic acids is 4. The topological polar surface area (TPSA) is 173 Å². The van der Waals surface area contributed by atoms with Gasteiger partial charge in [-0.2, -0.15) is 8.42 Å². The molecule has 1 aliphatic heterocycles. The first-order valence-electron chi connectivity index (χ1n) is 10.5. The number of benzene rings is 1. The summed E-state index contributed by atoms with van der Waals surface area (Å²) >= 11 is 0. The molecule has 0 radical (unpaired) electrons. The van der Waals surface area contributed by atoms with E-state index in [1.807, 2.05) is 0 Å². The zero-order valence-corrected chi connectivity index (χ0v) is 20.6. The molecule has 2 amide bonds. The van der Waals surface area contributed by atoms with Crippen LogP contribution in [0.1, 0.15) is 26.3 Å². The Kier molecular flexibility index (Phi) is 9.56. The van der Waals surface area contributed by atoms with Crippen molar-refractivity contribution in [1.29, 1.82) is 0 Å². The minimum Gasteiger partial charge on any atom is -0.456 e. The second kappa shape index (κ2) is 12.0. The van der Waals surface area contributed by atoms with Gasteiger partial charge < -0.3 is 29.6 Å². The highest BCUT2D eigenvalue weighted by molar-refractivity contribution is 7.86. The van der Waals surface area contributed by atoms with E-state index in [0.717, 1.165) is 26.3 Å². The molecule has 0 spiro atoms. The maximum Gasteiger partial charge on any atom is 0.316 e. The lowest BCUT2D eigenvalue weighted by Crippen LogP contribution is -2.66. The van der Waals surface area contributed by atoms with Crippen LogP contribution >= 0.6 is 0 Å². The third-order valence-corrected chi connectivity index (χ3v) is 6.03. The average molecular weight is 517 g/mol. The lowest BCUT2D eigenvalue weighted by Gasteiger charge is -2.44. The van der Waals surface area contributed by atoms with Crippen molar-refractivity contribution in [2.24, 2.45) is 0 Å². The number of nitrogens with one attached hydrogen (secondary N) is 2. The fourth-order valence-electron chi connectivity index (χ4n) is 3.28. The highest BCUT2D eigenvalue weighted by Crippen LogP contribution is 2.29. The van der Waals surface area contributed by atoms with E-state index in [1.54, 1.807) is 19.1 Å². The lowest BCUT2D eigenvalue weighted by molar-refractivity contribution is -0.253. The number of hydrogen-bond donors (Lipinski definition) is 2. The standard InChI is InChI=1S/C21H28N2O11S/c1-11-6-8-15(9-7-11)35(28,29)30-10-16-17(31-12(2)24)18(32-13(3)25)19(33-14(4)26)20(34-16)23-21(27)22-5/h6-9,16-20H,10H2,1-5H3,(H2,22,23,27)/t16-,17-,18+,19-,20-/m1/s1. The third-order valence-electron chi connectivity index (χ3n) is 4.74. The van der Waals surface area contributed by atoms with Gasteiger partial charge in [0.15, 0.2) is 24.5 Å². The van der Waals surface area contributed by atoms with Crippen molar-refractivity contribution in [3.05, 3.63) is 29.8 Å². The number of carbonyl (C=O) groups is 4. The molecule has 0 saturated carbocycles. The minimum absolute atomic E-state index is 0.127. The van der Waals surface area contributed by atoms with Crippen molar-refractivity contribution >= 4 is 34.1 Å². The SMILES string of the molecule is CNC(=O)N[C@@H]1O[C@H](COS(=O)(=O)c2ccc(C)cc2)[C@@H](OC(C)=O)[C@H](OC(C)=O)[C@H]1OC(C)=O. The first-order valence-corrected chi connectivity index (χ1v) is 11.9. The lowest BCUT2D eigenvalue weighted by atomic mass is 9.97. The molecule has 14 heteroatoms. The second-order valence-corrected chi connectivity index (χ2v) is 9.21. The molecule has 1 aliphatic rings. The molecule has 35 heavy (non-hydrogen) atoms. The van der Waals surface area contributed by atoms with Crippen LogP contribution in [0.2, 0.25) is 0 Å². The van der Waals surface area contributed by atoms with Crippen LogP contribution in [-0.4, -0.2) is 76.7 Å². The number of esters is 3. The molecular weight excluding hydrogens is 488 g/mol. The van der Waals surface area contributed by atoms with E-state index in [-0.39, 0.29) is 4.90 Å². The van der Waals surface area contributed by atoms with E-state index in [9.17, 15) is 27.6 Å². The summed E-state index contributed by atoms with van der Waals surface area (Å²) in [5.74, 6) is -2.45. The molecule has 1 saturated heterocycles. The van der Waals surface area contributed by atoms with E-state index < -0.39 is 71.3 Å². The van der Waals surface area contributed by atoms with Gasteiger partial charge in [-0.25, -0.2) is 4.79 Å². The van der Waals surface area contributed by atoms with Crippen LogP contribution in [0.25, 0.3) is 0 Å². The number of amides is 2. The summed E-state index contributed by atoms with van der Waals surface area (Å²) in [6.07, 6.45) is -7.14. The molecule has 5 atom stereocenters. The van der Waals surface area contributed by atoms with Crippen molar-refractivity contribution < 1.29 is 50.7 Å². The fourth-order valence-corrected chi connectivity index (χ4v) is 4.19. The normalized spacial score (nSPS) is 24.1. The monoisotopic (exact) mass is 516 g/mol. The van der Waals surface area contributed by atoms with Gasteiger partial charge in [-0.05, 0) is 19.1 Å². The third kappa shape index (κ3) is 7.90. The average Bonchev–Trinajstić information content (AvgIpc) is 2.75. The summed E-state index contributed by atoms with van der Waals surface area (Å²) in [5, 5.41) is 4.67. The molecule has 0 bridgehead atoms. The van der Waals surface area contributed by atoms with E-state index in [2.05, 4.69) is 10.6 Å². The van der Waals surface area contributed by atoms with E-state index >= 15 is 0 Å². The van der Waals surface area contributed by atoms with Crippen LogP contribution in [0.5, 0.6) is 0 Å². The largest absolute Gasteiger partial charge is 0.456 e. The molecule has 0 aliphatic carbocycles. The molecule has 194 valence electrons. The Hall–Kier alpha value is -3.23. The van der Waals surface area contributed by atoms with Crippen molar-refractivity contribution in [2.45, 2.75) is 63.2 Å². The predicted octanol–water partition coefficient (Wildman–Crippen LogP) is 0.149. The second-order valence-electron chi connectivity index (χ2n) is 7.59. The van der Waals surface area contributed by atoms with E-state index in [4.69, 9.17) is 23.1 Å². The summed E-state index contributed by atoms with van der Waals surface area (Å²) in [5.41, 5.74) is 0.832. The van der Waals surface area contributed by atoms with Gasteiger partial charge in [-0.3, -0.25) is 18.6 Å². The van der Waals surface area contributed by atoms with Crippen LogP contribution < -0.4 is 10.6 Å². The minimum atomic E-state index is -4.26. The van der Waals surface area contributed by atoms with Gasteiger partial charge in [-0.1, -0.05) is 17.7 Å². The Bertz CT molecular complexity index is 1040. The first-order chi connectivity index (χ1) is 16.3. The summed E-state index contributed by atoms with van der Waals surface area (Å²) in [6.45, 7) is 4.31. The number of hydrogen-bond acceptors (Lipinski definition) is 11. The van der Waals surface area contributed by atoms with Crippen LogP contribution in [0.15, 0.2) is 29.2 Å². The summed E-state index contributed by atoms with van der Waals surface area (Å²) in [7, 11) is -2.94. The molecule has 1 heterocycles. The fraction of sp³-hybridized carbons (Fsp3) is 0.524. The Labute approximate surface area is 202 Å². The zero-order chi connectivity index (χ0) is 26.3. The van der Waals surface area contributed by atoms with Crippen LogP contribution in [0, 0.1) is 6.92 Å². The summed E-state index contributed by atoms with van der Waals surface area (Å²) in [4.78, 5) is 47.2. The molecule has 1 fully saturated rings. The molecule has 0 unspecified atom stereocenters. The predicted molar refractivity (Wildman–Crippen MR) is 117 cm³/mol. The quantitative estimate of drug-likeness (QED) is 0.273. The number of urea groups is 1. The number of ether oxygens (including phenoxy) is 4. The number of rotatable bonds is 8. The van der Waals surface area contributed by atoms with Gasteiger partial charge >= 0.3 is 23.9 Å². The van der Waals surface area contributed by atoms with E-state index in [1.165, 1.54) is 19.2 Å². The zero-order valence-electron chi connectivity index (χ0n) is 19.8. The van der Waals surface area contributed by atoms with Crippen LogP contribution in [0.4, 0.5) is 4.79 Å². The van der Waals surface area contributed by atoms with Crippen LogP contribution in [0.3, 0.4) is 0 Å². The van der Waals surface area contributed by atoms with Gasteiger partial charge in [0, 0.05) is 27.8 Å². The Morgan fingerprint density at radius 2 is 1.40 bits per heavy atom. The van der Waals surface area contributed by atoms with E-state index in [0.29, 0.717) is 0 Å². The molecule has 1 aromatic carbocycles. The molecule has 1 aromatic rings. The highest BCUT2D eigenvalue weighted by Gasteiger charge is 2.52. The molecule has 13 nitrogen and oxygen atoms in total. The maximum absolute atomic E-state index is 12.7. The summed E-state index contributed by atoms with van der Waals surface area (Å²) in [6, 6.07) is 5.12. The van der Waals surface area contributed by atoms with Gasteiger partial charge in [0.25, 0.3) is 10.1 Å². The number of aryl methyl sites for hydroxylation is 1. The Morgan fingerprint density at radius 3 is 1.91 bits per heavy atom. The highest BCUT2D eigenvalue weighted by atomic mass is 32.2. The van der Waals surface area contributed by atoms with Gasteiger partial charge in [-0.15, -0.1) is 0 Å². The smallest absolute Gasteiger partial charge is 0.316 e.